The zero-order valence-electron chi connectivity index (χ0n) is 10.6. The molecular weight excluding hydrogens is 230 g/mol. The van der Waals surface area contributed by atoms with Gasteiger partial charge >= 0.3 is 0 Å². The number of methoxy groups -OCH3 is 1. The zero-order chi connectivity index (χ0) is 13.3. The number of para-hydroxylation sites is 1. The average Bonchev–Trinajstić information content (AvgIpc) is 2.38. The van der Waals surface area contributed by atoms with Crippen molar-refractivity contribution in [1.29, 1.82) is 0 Å². The molecule has 2 rings (SSSR count). The van der Waals surface area contributed by atoms with Crippen molar-refractivity contribution in [2.24, 2.45) is 5.92 Å². The molecule has 1 N–H and O–H groups in total. The van der Waals surface area contributed by atoms with Crippen LogP contribution in [0, 0.1) is 5.92 Å². The van der Waals surface area contributed by atoms with Crippen molar-refractivity contribution < 1.29 is 9.53 Å². The molecule has 0 fully saturated rings. The second-order valence-electron chi connectivity index (χ2n) is 4.43. The summed E-state index contributed by atoms with van der Waals surface area (Å²) >= 11 is 0. The normalized spacial score (nSPS) is 10.9. The summed E-state index contributed by atoms with van der Waals surface area (Å²) in [7, 11) is 1.54. The van der Waals surface area contributed by atoms with E-state index in [1.165, 1.54) is 6.20 Å². The van der Waals surface area contributed by atoms with Crippen LogP contribution in [0.3, 0.4) is 0 Å². The number of H-pyrrole nitrogens is 1. The minimum absolute atomic E-state index is 0.152. The number of hydrogen-bond donors (Lipinski definition) is 1. The van der Waals surface area contributed by atoms with Gasteiger partial charge in [0, 0.05) is 12.1 Å². The summed E-state index contributed by atoms with van der Waals surface area (Å²) in [5.41, 5.74) is 0.567. The average molecular weight is 245 g/mol. The van der Waals surface area contributed by atoms with E-state index in [4.69, 9.17) is 4.74 Å². The molecule has 0 unspecified atom stereocenters. The fraction of sp³-hybridized carbons (Fsp3) is 0.286. The van der Waals surface area contributed by atoms with Gasteiger partial charge in [0.05, 0.1) is 23.6 Å². The number of Topliss-reactive ketones (excluding diaryl/α,β-unsaturated/α-hetero) is 1. The number of rotatable bonds is 3. The van der Waals surface area contributed by atoms with Crippen molar-refractivity contribution in [3.05, 3.63) is 40.2 Å². The first-order valence-corrected chi connectivity index (χ1v) is 5.79. The monoisotopic (exact) mass is 245 g/mol. The number of aromatic nitrogens is 1. The Morgan fingerprint density at radius 2 is 2.06 bits per heavy atom. The lowest BCUT2D eigenvalue weighted by Crippen LogP contribution is -2.19. The number of carbonyl (C=O) groups is 1. The second kappa shape index (κ2) is 4.64. The van der Waals surface area contributed by atoms with Gasteiger partial charge < -0.3 is 9.72 Å². The molecule has 0 atom stereocenters. The molecule has 0 spiro atoms. The molecule has 0 aliphatic heterocycles. The smallest absolute Gasteiger partial charge is 0.200 e. The Balaban J connectivity index is 2.73. The van der Waals surface area contributed by atoms with Gasteiger partial charge in [-0.05, 0) is 12.1 Å². The number of aromatic amines is 1. The third kappa shape index (κ3) is 1.90. The first kappa shape index (κ1) is 12.4. The highest BCUT2D eigenvalue weighted by Crippen LogP contribution is 2.21. The minimum Gasteiger partial charge on any atom is -0.495 e. The predicted octanol–water partition coefficient (Wildman–Crippen LogP) is 2.38. The fourth-order valence-corrected chi connectivity index (χ4v) is 1.89. The van der Waals surface area contributed by atoms with Crippen molar-refractivity contribution in [3.63, 3.8) is 0 Å². The summed E-state index contributed by atoms with van der Waals surface area (Å²) in [4.78, 5) is 27.1. The highest BCUT2D eigenvalue weighted by Gasteiger charge is 2.16. The van der Waals surface area contributed by atoms with Gasteiger partial charge in [-0.15, -0.1) is 0 Å². The number of pyridine rings is 1. The number of benzene rings is 1. The Morgan fingerprint density at radius 3 is 2.67 bits per heavy atom. The van der Waals surface area contributed by atoms with Crippen molar-refractivity contribution >= 4 is 16.7 Å². The zero-order valence-corrected chi connectivity index (χ0v) is 10.6. The van der Waals surface area contributed by atoms with Gasteiger partial charge in [0.2, 0.25) is 0 Å². The van der Waals surface area contributed by atoms with Crippen LogP contribution in [0.4, 0.5) is 0 Å². The van der Waals surface area contributed by atoms with Crippen molar-refractivity contribution in [2.45, 2.75) is 13.8 Å². The van der Waals surface area contributed by atoms with Gasteiger partial charge in [-0.25, -0.2) is 0 Å². The van der Waals surface area contributed by atoms with Crippen LogP contribution in [0.1, 0.15) is 24.2 Å². The van der Waals surface area contributed by atoms with Gasteiger partial charge in [-0.1, -0.05) is 19.9 Å². The molecule has 18 heavy (non-hydrogen) atoms. The van der Waals surface area contributed by atoms with Crippen LogP contribution < -0.4 is 10.2 Å². The van der Waals surface area contributed by atoms with Crippen molar-refractivity contribution in [1.82, 2.24) is 4.98 Å². The van der Waals surface area contributed by atoms with E-state index < -0.39 is 0 Å². The molecule has 0 saturated heterocycles. The van der Waals surface area contributed by atoms with E-state index in [0.717, 1.165) is 0 Å². The Hall–Kier alpha value is -2.10. The molecule has 0 saturated carbocycles. The highest BCUT2D eigenvalue weighted by atomic mass is 16.5. The van der Waals surface area contributed by atoms with E-state index in [0.29, 0.717) is 16.7 Å². The van der Waals surface area contributed by atoms with Gasteiger partial charge in [-0.3, -0.25) is 9.59 Å². The van der Waals surface area contributed by atoms with Gasteiger partial charge in [0.1, 0.15) is 5.75 Å². The molecule has 4 heteroatoms. The number of carbonyl (C=O) groups excluding carboxylic acids is 1. The Bertz CT molecular complexity index is 656. The van der Waals surface area contributed by atoms with Gasteiger partial charge in [0.15, 0.2) is 11.2 Å². The maximum atomic E-state index is 12.2. The Kier molecular flexibility index (Phi) is 3.19. The highest BCUT2D eigenvalue weighted by molar-refractivity contribution is 6.00. The lowest BCUT2D eigenvalue weighted by atomic mass is 10.0. The van der Waals surface area contributed by atoms with Crippen LogP contribution in [0.5, 0.6) is 5.75 Å². The third-order valence-corrected chi connectivity index (χ3v) is 2.89. The molecule has 0 aliphatic rings. The van der Waals surface area contributed by atoms with E-state index >= 15 is 0 Å². The first-order chi connectivity index (χ1) is 8.56. The van der Waals surface area contributed by atoms with E-state index in [1.807, 2.05) is 0 Å². The molecule has 1 aromatic heterocycles. The maximum Gasteiger partial charge on any atom is 0.200 e. The number of ether oxygens (including phenoxy) is 1. The summed E-state index contributed by atoms with van der Waals surface area (Å²) < 4.78 is 5.18. The Morgan fingerprint density at radius 1 is 1.33 bits per heavy atom. The standard InChI is InChI=1S/C14H15NO3/c1-8(2)13(16)10-7-15-12-9(14(10)17)5-4-6-11(12)18-3/h4-8H,1-3H3,(H,15,17). The third-order valence-electron chi connectivity index (χ3n) is 2.89. The molecular formula is C14H15NO3. The van der Waals surface area contributed by atoms with E-state index in [9.17, 15) is 9.59 Å². The van der Waals surface area contributed by atoms with Crippen LogP contribution in [-0.4, -0.2) is 17.9 Å². The maximum absolute atomic E-state index is 12.2. The van der Waals surface area contributed by atoms with Crippen LogP contribution >= 0.6 is 0 Å². The van der Waals surface area contributed by atoms with E-state index in [-0.39, 0.29) is 22.7 Å². The summed E-state index contributed by atoms with van der Waals surface area (Å²) in [6.45, 7) is 3.55. The summed E-state index contributed by atoms with van der Waals surface area (Å²) in [6, 6.07) is 5.19. The molecule has 2 aromatic rings. The SMILES string of the molecule is COc1cccc2c(=O)c(C(=O)C(C)C)c[nH]c12. The minimum atomic E-state index is -0.249. The van der Waals surface area contributed by atoms with E-state index in [1.54, 1.807) is 39.2 Å². The van der Waals surface area contributed by atoms with Crippen LogP contribution in [0.15, 0.2) is 29.2 Å². The second-order valence-corrected chi connectivity index (χ2v) is 4.43. The number of ketones is 1. The molecule has 0 aliphatic carbocycles. The molecule has 0 bridgehead atoms. The van der Waals surface area contributed by atoms with E-state index in [2.05, 4.69) is 4.98 Å². The van der Waals surface area contributed by atoms with Crippen molar-refractivity contribution in [2.75, 3.05) is 7.11 Å². The summed E-state index contributed by atoms with van der Waals surface area (Å²) in [5.74, 6) is 0.239. The summed E-state index contributed by atoms with van der Waals surface area (Å²) in [5, 5.41) is 0.473. The van der Waals surface area contributed by atoms with Crippen molar-refractivity contribution in [3.8, 4) is 5.75 Å². The molecule has 94 valence electrons. The molecule has 1 aromatic carbocycles. The van der Waals surface area contributed by atoms with Crippen LogP contribution in [-0.2, 0) is 0 Å². The van der Waals surface area contributed by atoms with Crippen LogP contribution in [0.2, 0.25) is 0 Å². The lowest BCUT2D eigenvalue weighted by molar-refractivity contribution is 0.0938. The molecule has 4 nitrogen and oxygen atoms in total. The number of nitrogens with one attached hydrogen (secondary N) is 1. The lowest BCUT2D eigenvalue weighted by Gasteiger charge is -2.07. The molecule has 1 heterocycles. The quantitative estimate of drug-likeness (QED) is 0.844. The molecule has 0 radical (unpaired) electrons. The summed E-state index contributed by atoms with van der Waals surface area (Å²) in [6.07, 6.45) is 1.47. The van der Waals surface area contributed by atoms with Crippen LogP contribution in [0.25, 0.3) is 10.9 Å². The topological polar surface area (TPSA) is 59.2 Å². The molecule has 0 amide bonds. The fourth-order valence-electron chi connectivity index (χ4n) is 1.89. The van der Waals surface area contributed by atoms with Gasteiger partial charge in [0.25, 0.3) is 0 Å². The largest absolute Gasteiger partial charge is 0.495 e. The van der Waals surface area contributed by atoms with Gasteiger partial charge in [-0.2, -0.15) is 0 Å². The Labute approximate surface area is 105 Å². The predicted molar refractivity (Wildman–Crippen MR) is 70.3 cm³/mol. The first-order valence-electron chi connectivity index (χ1n) is 5.79. The number of hydrogen-bond acceptors (Lipinski definition) is 3. The number of fused-ring (bicyclic) bond motifs is 1.